The van der Waals surface area contributed by atoms with E-state index in [4.69, 9.17) is 4.42 Å². The van der Waals surface area contributed by atoms with Crippen molar-refractivity contribution in [3.63, 3.8) is 0 Å². The zero-order valence-electron chi connectivity index (χ0n) is 15.8. The van der Waals surface area contributed by atoms with Gasteiger partial charge in [0.25, 0.3) is 11.8 Å². The standard InChI is InChI=1S/C21H21N5O3/c27-20(25-9-11-26(12-10-25)21(28)19-2-1-13-29-19)18-4-3-17(15-24-18)23-14-16-5-7-22-8-6-16/h1-8,13,15,23H,9-12,14H2. The van der Waals surface area contributed by atoms with Gasteiger partial charge < -0.3 is 19.5 Å². The molecule has 4 rings (SSSR count). The number of nitrogens with one attached hydrogen (secondary N) is 1. The molecule has 29 heavy (non-hydrogen) atoms. The molecule has 1 N–H and O–H groups in total. The average Bonchev–Trinajstić information content (AvgIpc) is 3.33. The first-order chi connectivity index (χ1) is 14.2. The van der Waals surface area contributed by atoms with E-state index in [0.29, 0.717) is 44.2 Å². The Morgan fingerprint density at radius 3 is 2.31 bits per heavy atom. The molecule has 0 saturated carbocycles. The molecule has 0 bridgehead atoms. The van der Waals surface area contributed by atoms with Gasteiger partial charge in [0, 0.05) is 45.1 Å². The molecule has 3 aromatic heterocycles. The predicted octanol–water partition coefficient (Wildman–Crippen LogP) is 2.28. The minimum atomic E-state index is -0.148. The van der Waals surface area contributed by atoms with Crippen molar-refractivity contribution in [3.8, 4) is 0 Å². The third-order valence-corrected chi connectivity index (χ3v) is 4.81. The summed E-state index contributed by atoms with van der Waals surface area (Å²) < 4.78 is 5.16. The number of aromatic nitrogens is 2. The molecule has 0 unspecified atom stereocenters. The summed E-state index contributed by atoms with van der Waals surface area (Å²) in [4.78, 5) is 36.7. The van der Waals surface area contributed by atoms with E-state index in [-0.39, 0.29) is 11.8 Å². The van der Waals surface area contributed by atoms with Gasteiger partial charge in [0.05, 0.1) is 18.1 Å². The molecular formula is C21H21N5O3. The second-order valence-electron chi connectivity index (χ2n) is 6.70. The fourth-order valence-electron chi connectivity index (χ4n) is 3.16. The van der Waals surface area contributed by atoms with Crippen molar-refractivity contribution < 1.29 is 14.0 Å². The van der Waals surface area contributed by atoms with Crippen molar-refractivity contribution >= 4 is 17.5 Å². The number of hydrogen-bond donors (Lipinski definition) is 1. The Morgan fingerprint density at radius 2 is 1.69 bits per heavy atom. The molecule has 3 aromatic rings. The molecule has 1 saturated heterocycles. The van der Waals surface area contributed by atoms with Crippen molar-refractivity contribution in [1.29, 1.82) is 0 Å². The van der Waals surface area contributed by atoms with E-state index in [1.807, 2.05) is 18.2 Å². The summed E-state index contributed by atoms with van der Waals surface area (Å²) in [6.07, 6.45) is 6.64. The van der Waals surface area contributed by atoms with Crippen LogP contribution in [0, 0.1) is 0 Å². The normalized spacial score (nSPS) is 13.9. The van der Waals surface area contributed by atoms with Gasteiger partial charge >= 0.3 is 0 Å². The number of carbonyl (C=O) groups is 2. The fraction of sp³-hybridized carbons (Fsp3) is 0.238. The Balaban J connectivity index is 1.30. The molecule has 0 aliphatic carbocycles. The van der Waals surface area contributed by atoms with Crippen LogP contribution in [0.25, 0.3) is 0 Å². The molecule has 2 amide bonds. The molecule has 0 atom stereocenters. The highest BCUT2D eigenvalue weighted by atomic mass is 16.3. The van der Waals surface area contributed by atoms with Crippen LogP contribution in [-0.2, 0) is 6.54 Å². The van der Waals surface area contributed by atoms with Crippen LogP contribution in [0.3, 0.4) is 0 Å². The van der Waals surface area contributed by atoms with E-state index < -0.39 is 0 Å². The maximum atomic E-state index is 12.7. The van der Waals surface area contributed by atoms with Crippen LogP contribution in [0.15, 0.2) is 65.7 Å². The second-order valence-corrected chi connectivity index (χ2v) is 6.70. The summed E-state index contributed by atoms with van der Waals surface area (Å²) in [6.45, 7) is 2.53. The van der Waals surface area contributed by atoms with Crippen molar-refractivity contribution in [2.75, 3.05) is 31.5 Å². The van der Waals surface area contributed by atoms with Gasteiger partial charge in [-0.3, -0.25) is 14.6 Å². The maximum absolute atomic E-state index is 12.7. The van der Waals surface area contributed by atoms with Gasteiger partial charge in [-0.2, -0.15) is 0 Å². The molecule has 8 heteroatoms. The highest BCUT2D eigenvalue weighted by Crippen LogP contribution is 2.13. The maximum Gasteiger partial charge on any atom is 0.289 e. The molecule has 0 spiro atoms. The molecule has 0 aromatic carbocycles. The zero-order valence-corrected chi connectivity index (χ0v) is 15.8. The lowest BCUT2D eigenvalue weighted by Crippen LogP contribution is -2.50. The number of anilines is 1. The number of rotatable bonds is 5. The molecule has 148 valence electrons. The lowest BCUT2D eigenvalue weighted by atomic mass is 10.2. The summed E-state index contributed by atoms with van der Waals surface area (Å²) in [5.41, 5.74) is 2.35. The van der Waals surface area contributed by atoms with Crippen LogP contribution in [0.4, 0.5) is 5.69 Å². The molecule has 4 heterocycles. The third-order valence-electron chi connectivity index (χ3n) is 4.81. The first-order valence-corrected chi connectivity index (χ1v) is 9.41. The Bertz CT molecular complexity index is 950. The van der Waals surface area contributed by atoms with E-state index in [0.717, 1.165) is 11.3 Å². The SMILES string of the molecule is O=C(c1ccc(NCc2ccncc2)cn1)N1CCN(C(=O)c2ccco2)CC1. The number of carbonyl (C=O) groups excluding carboxylic acids is 2. The summed E-state index contributed by atoms with van der Waals surface area (Å²) in [5, 5.41) is 3.27. The first kappa shape index (κ1) is 18.7. The molecule has 1 fully saturated rings. The van der Waals surface area contributed by atoms with Gasteiger partial charge in [-0.15, -0.1) is 0 Å². The minimum absolute atomic E-state index is 0.129. The van der Waals surface area contributed by atoms with Gasteiger partial charge in [-0.1, -0.05) is 0 Å². The van der Waals surface area contributed by atoms with Crippen molar-refractivity contribution in [3.05, 3.63) is 78.3 Å². The van der Waals surface area contributed by atoms with E-state index in [1.165, 1.54) is 6.26 Å². The van der Waals surface area contributed by atoms with Crippen LogP contribution < -0.4 is 5.32 Å². The van der Waals surface area contributed by atoms with Crippen molar-refractivity contribution in [2.24, 2.45) is 0 Å². The second kappa shape index (κ2) is 8.55. The number of amides is 2. The minimum Gasteiger partial charge on any atom is -0.459 e. The lowest BCUT2D eigenvalue weighted by Gasteiger charge is -2.34. The van der Waals surface area contributed by atoms with Crippen LogP contribution in [-0.4, -0.2) is 57.8 Å². The first-order valence-electron chi connectivity index (χ1n) is 9.41. The number of furan rings is 1. The van der Waals surface area contributed by atoms with Gasteiger partial charge in [-0.05, 0) is 42.0 Å². The molecule has 8 nitrogen and oxygen atoms in total. The molecule has 1 aliphatic rings. The van der Waals surface area contributed by atoms with E-state index in [2.05, 4.69) is 15.3 Å². The fourth-order valence-corrected chi connectivity index (χ4v) is 3.16. The number of pyridine rings is 2. The van der Waals surface area contributed by atoms with Gasteiger partial charge in [-0.25, -0.2) is 4.98 Å². The number of nitrogens with zero attached hydrogens (tertiary/aromatic N) is 4. The highest BCUT2D eigenvalue weighted by Gasteiger charge is 2.27. The van der Waals surface area contributed by atoms with Crippen LogP contribution in [0.5, 0.6) is 0 Å². The van der Waals surface area contributed by atoms with E-state index in [1.54, 1.807) is 46.6 Å². The Kier molecular flexibility index (Phi) is 5.51. The topological polar surface area (TPSA) is 91.6 Å². The number of piperazine rings is 1. The summed E-state index contributed by atoms with van der Waals surface area (Å²) in [5.74, 6) is 0.0435. The van der Waals surface area contributed by atoms with Crippen LogP contribution >= 0.6 is 0 Å². The average molecular weight is 391 g/mol. The largest absolute Gasteiger partial charge is 0.459 e. The smallest absolute Gasteiger partial charge is 0.289 e. The zero-order chi connectivity index (χ0) is 20.1. The van der Waals surface area contributed by atoms with Crippen molar-refractivity contribution in [1.82, 2.24) is 19.8 Å². The molecule has 0 radical (unpaired) electrons. The molecule has 1 aliphatic heterocycles. The van der Waals surface area contributed by atoms with Gasteiger partial charge in [0.15, 0.2) is 5.76 Å². The summed E-state index contributed by atoms with van der Waals surface area (Å²) >= 11 is 0. The lowest BCUT2D eigenvalue weighted by molar-refractivity contribution is 0.0515. The van der Waals surface area contributed by atoms with Crippen molar-refractivity contribution in [2.45, 2.75) is 6.54 Å². The van der Waals surface area contributed by atoms with E-state index in [9.17, 15) is 9.59 Å². The van der Waals surface area contributed by atoms with Gasteiger partial charge in [0.2, 0.25) is 0 Å². The highest BCUT2D eigenvalue weighted by molar-refractivity contribution is 5.93. The summed E-state index contributed by atoms with van der Waals surface area (Å²) in [6, 6.07) is 10.8. The number of hydrogen-bond acceptors (Lipinski definition) is 6. The van der Waals surface area contributed by atoms with Gasteiger partial charge in [0.1, 0.15) is 5.69 Å². The van der Waals surface area contributed by atoms with Crippen LogP contribution in [0.2, 0.25) is 0 Å². The third kappa shape index (κ3) is 4.43. The Labute approximate surface area is 168 Å². The predicted molar refractivity (Wildman–Crippen MR) is 106 cm³/mol. The Hall–Kier alpha value is -3.68. The molecular weight excluding hydrogens is 370 g/mol. The Morgan fingerprint density at radius 1 is 0.966 bits per heavy atom. The summed E-state index contributed by atoms with van der Waals surface area (Å²) in [7, 11) is 0. The van der Waals surface area contributed by atoms with Crippen LogP contribution in [0.1, 0.15) is 26.6 Å². The monoisotopic (exact) mass is 391 g/mol. The van der Waals surface area contributed by atoms with E-state index >= 15 is 0 Å². The quantitative estimate of drug-likeness (QED) is 0.717.